The van der Waals surface area contributed by atoms with Crippen molar-refractivity contribution in [2.24, 2.45) is 0 Å². The number of hydrogen-bond acceptors (Lipinski definition) is 3. The lowest BCUT2D eigenvalue weighted by atomic mass is 10.1. The van der Waals surface area contributed by atoms with Crippen molar-refractivity contribution >= 4 is 10.0 Å². The van der Waals surface area contributed by atoms with Crippen molar-refractivity contribution in [1.29, 1.82) is 0 Å². The Labute approximate surface area is 122 Å². The van der Waals surface area contributed by atoms with Crippen molar-refractivity contribution in [1.82, 2.24) is 9.29 Å². The van der Waals surface area contributed by atoms with E-state index in [0.717, 1.165) is 16.6 Å². The first kappa shape index (κ1) is 15.4. The van der Waals surface area contributed by atoms with E-state index in [-0.39, 0.29) is 10.5 Å². The van der Waals surface area contributed by atoms with E-state index in [1.807, 2.05) is 0 Å². The molecule has 1 heterocycles. The molecule has 1 atom stereocenters. The number of H-pyrrole nitrogens is 1. The summed E-state index contributed by atoms with van der Waals surface area (Å²) >= 11 is 0. The maximum atomic E-state index is 13.8. The van der Waals surface area contributed by atoms with Crippen LogP contribution in [0.5, 0.6) is 0 Å². The lowest BCUT2D eigenvalue weighted by molar-refractivity contribution is 0.387. The molecule has 0 fully saturated rings. The number of nitrogens with one attached hydrogen (secondary N) is 1. The second kappa shape index (κ2) is 5.79. The fraction of sp³-hybridized carbons (Fsp3) is 0.214. The number of hydrogen-bond donors (Lipinski definition) is 1. The molecule has 1 unspecified atom stereocenters. The molecule has 21 heavy (non-hydrogen) atoms. The number of aromatic amines is 1. The molecule has 0 radical (unpaired) electrons. The highest BCUT2D eigenvalue weighted by Crippen LogP contribution is 2.26. The van der Waals surface area contributed by atoms with Crippen LogP contribution in [0.25, 0.3) is 0 Å². The Morgan fingerprint density at radius 1 is 1.19 bits per heavy atom. The average Bonchev–Trinajstić information content (AvgIpc) is 2.46. The van der Waals surface area contributed by atoms with Gasteiger partial charge < -0.3 is 4.98 Å². The van der Waals surface area contributed by atoms with Crippen LogP contribution in [0.15, 0.2) is 52.3 Å². The third-order valence-electron chi connectivity index (χ3n) is 3.33. The molecule has 7 heteroatoms. The van der Waals surface area contributed by atoms with Crippen molar-refractivity contribution in [3.63, 3.8) is 0 Å². The summed E-state index contributed by atoms with van der Waals surface area (Å²) in [5.74, 6) is -0.464. The third kappa shape index (κ3) is 3.03. The summed E-state index contributed by atoms with van der Waals surface area (Å²) in [6, 6.07) is 7.69. The highest BCUT2D eigenvalue weighted by molar-refractivity contribution is 7.89. The predicted molar refractivity (Wildman–Crippen MR) is 76.8 cm³/mol. The second-order valence-corrected chi connectivity index (χ2v) is 6.60. The summed E-state index contributed by atoms with van der Waals surface area (Å²) in [4.78, 5) is 13.3. The van der Waals surface area contributed by atoms with E-state index in [1.54, 1.807) is 25.1 Å². The summed E-state index contributed by atoms with van der Waals surface area (Å²) in [6.07, 6.45) is 1.13. The second-order valence-electron chi connectivity index (χ2n) is 4.61. The van der Waals surface area contributed by atoms with Gasteiger partial charge in [-0.3, -0.25) is 4.79 Å². The van der Waals surface area contributed by atoms with Gasteiger partial charge in [-0.1, -0.05) is 18.2 Å². The van der Waals surface area contributed by atoms with Gasteiger partial charge in [0.05, 0.1) is 4.90 Å². The van der Waals surface area contributed by atoms with Crippen molar-refractivity contribution in [2.45, 2.75) is 17.9 Å². The van der Waals surface area contributed by atoms with E-state index in [1.165, 1.54) is 19.2 Å². The van der Waals surface area contributed by atoms with Crippen LogP contribution in [0, 0.1) is 5.82 Å². The summed E-state index contributed by atoms with van der Waals surface area (Å²) in [6.45, 7) is 1.60. The van der Waals surface area contributed by atoms with Gasteiger partial charge in [0.25, 0.3) is 0 Å². The van der Waals surface area contributed by atoms with E-state index >= 15 is 0 Å². The Balaban J connectivity index is 2.38. The van der Waals surface area contributed by atoms with E-state index in [4.69, 9.17) is 0 Å². The predicted octanol–water partition coefficient (Wildman–Crippen LogP) is 1.90. The van der Waals surface area contributed by atoms with E-state index < -0.39 is 27.4 Å². The maximum absolute atomic E-state index is 13.8. The number of pyridine rings is 1. The van der Waals surface area contributed by atoms with E-state index in [2.05, 4.69) is 4.98 Å². The van der Waals surface area contributed by atoms with Gasteiger partial charge in [-0.2, -0.15) is 4.31 Å². The quantitative estimate of drug-likeness (QED) is 0.937. The topological polar surface area (TPSA) is 70.2 Å². The van der Waals surface area contributed by atoms with Gasteiger partial charge in [0, 0.05) is 30.9 Å². The first-order chi connectivity index (χ1) is 9.84. The SMILES string of the molecule is CC(c1ccccc1F)N(C)S(=O)(=O)c1ccc(=O)[nH]c1. The normalized spacial score (nSPS) is 13.3. The van der Waals surface area contributed by atoms with Crippen LogP contribution in [-0.4, -0.2) is 24.8 Å². The maximum Gasteiger partial charge on any atom is 0.247 e. The summed E-state index contributed by atoms with van der Waals surface area (Å²) < 4.78 is 39.7. The molecular formula is C14H15FN2O3S. The lowest BCUT2D eigenvalue weighted by Gasteiger charge is -2.24. The monoisotopic (exact) mass is 310 g/mol. The largest absolute Gasteiger partial charge is 0.328 e. The van der Waals surface area contributed by atoms with Gasteiger partial charge >= 0.3 is 0 Å². The molecule has 0 spiro atoms. The van der Waals surface area contributed by atoms with Crippen LogP contribution in [-0.2, 0) is 10.0 Å². The summed E-state index contributed by atoms with van der Waals surface area (Å²) in [7, 11) is -2.45. The molecule has 1 aromatic carbocycles. The molecule has 112 valence electrons. The molecular weight excluding hydrogens is 295 g/mol. The number of benzene rings is 1. The zero-order chi connectivity index (χ0) is 15.6. The van der Waals surface area contributed by atoms with Gasteiger partial charge in [-0.05, 0) is 19.1 Å². The van der Waals surface area contributed by atoms with E-state index in [0.29, 0.717) is 0 Å². The molecule has 0 aliphatic rings. The fourth-order valence-corrected chi connectivity index (χ4v) is 3.25. The lowest BCUT2D eigenvalue weighted by Crippen LogP contribution is -2.30. The highest BCUT2D eigenvalue weighted by atomic mass is 32.2. The molecule has 0 bridgehead atoms. The average molecular weight is 310 g/mol. The van der Waals surface area contributed by atoms with Crippen molar-refractivity contribution < 1.29 is 12.8 Å². The Morgan fingerprint density at radius 2 is 1.86 bits per heavy atom. The molecule has 0 saturated carbocycles. The molecule has 1 N–H and O–H groups in total. The molecule has 0 amide bonds. The zero-order valence-corrected chi connectivity index (χ0v) is 12.4. The van der Waals surface area contributed by atoms with Crippen LogP contribution in [0.3, 0.4) is 0 Å². The molecule has 5 nitrogen and oxygen atoms in total. The molecule has 0 saturated heterocycles. The van der Waals surface area contributed by atoms with Crippen molar-refractivity contribution in [3.8, 4) is 0 Å². The first-order valence-electron chi connectivity index (χ1n) is 6.25. The Bertz CT molecular complexity index is 781. The Hall–Kier alpha value is -1.99. The Morgan fingerprint density at radius 3 is 2.43 bits per heavy atom. The molecule has 1 aromatic heterocycles. The molecule has 2 rings (SSSR count). The van der Waals surface area contributed by atoms with Gasteiger partial charge in [-0.15, -0.1) is 0 Å². The van der Waals surface area contributed by atoms with Gasteiger partial charge in [0.2, 0.25) is 15.6 Å². The van der Waals surface area contributed by atoms with Crippen LogP contribution < -0.4 is 5.56 Å². The molecule has 0 aliphatic carbocycles. The van der Waals surface area contributed by atoms with Crippen molar-refractivity contribution in [3.05, 3.63) is 64.3 Å². The van der Waals surface area contributed by atoms with Gasteiger partial charge in [0.1, 0.15) is 5.82 Å². The number of nitrogens with zero attached hydrogens (tertiary/aromatic N) is 1. The number of sulfonamides is 1. The Kier molecular flexibility index (Phi) is 4.24. The van der Waals surface area contributed by atoms with Gasteiger partial charge in [-0.25, -0.2) is 12.8 Å². The van der Waals surface area contributed by atoms with Gasteiger partial charge in [0.15, 0.2) is 0 Å². The van der Waals surface area contributed by atoms with Crippen LogP contribution in [0.4, 0.5) is 4.39 Å². The number of rotatable bonds is 4. The minimum absolute atomic E-state index is 0.0483. The van der Waals surface area contributed by atoms with Crippen LogP contribution in [0.2, 0.25) is 0 Å². The molecule has 2 aromatic rings. The molecule has 0 aliphatic heterocycles. The summed E-state index contributed by atoms with van der Waals surface area (Å²) in [5, 5.41) is 0. The van der Waals surface area contributed by atoms with Crippen LogP contribution in [0.1, 0.15) is 18.5 Å². The van der Waals surface area contributed by atoms with Crippen molar-refractivity contribution in [2.75, 3.05) is 7.05 Å². The number of aromatic nitrogens is 1. The van der Waals surface area contributed by atoms with E-state index in [9.17, 15) is 17.6 Å². The third-order valence-corrected chi connectivity index (χ3v) is 5.26. The zero-order valence-electron chi connectivity index (χ0n) is 11.6. The minimum Gasteiger partial charge on any atom is -0.328 e. The van der Waals surface area contributed by atoms with Crippen LogP contribution >= 0.6 is 0 Å². The minimum atomic E-state index is -3.82. The fourth-order valence-electron chi connectivity index (χ4n) is 1.94. The highest BCUT2D eigenvalue weighted by Gasteiger charge is 2.27. The smallest absolute Gasteiger partial charge is 0.247 e. The summed E-state index contributed by atoms with van der Waals surface area (Å²) in [5.41, 5.74) is -0.105. The standard InChI is InChI=1S/C14H15FN2O3S/c1-10(12-5-3-4-6-13(12)15)17(2)21(19,20)11-7-8-14(18)16-9-11/h3-10H,1-2H3,(H,16,18). The first-order valence-corrected chi connectivity index (χ1v) is 7.69. The number of halogens is 1.